The Hall–Kier alpha value is -1.94. The zero-order valence-corrected chi connectivity index (χ0v) is 13.2. The van der Waals surface area contributed by atoms with Crippen LogP contribution in [0.1, 0.15) is 19.4 Å². The summed E-state index contributed by atoms with van der Waals surface area (Å²) in [6.45, 7) is 6.72. The predicted molar refractivity (Wildman–Crippen MR) is 88.5 cm³/mol. The molecular weight excluding hydrogens is 286 g/mol. The van der Waals surface area contributed by atoms with Gasteiger partial charge in [-0.1, -0.05) is 31.5 Å². The maximum atomic E-state index is 6.21. The molecule has 4 nitrogen and oxygen atoms in total. The van der Waals surface area contributed by atoms with Crippen LogP contribution < -0.4 is 15.8 Å². The van der Waals surface area contributed by atoms with Gasteiger partial charge in [0.1, 0.15) is 5.82 Å². The minimum absolute atomic E-state index is 0.411. The molecule has 112 valence electrons. The van der Waals surface area contributed by atoms with E-state index in [4.69, 9.17) is 22.1 Å². The van der Waals surface area contributed by atoms with Crippen LogP contribution in [0.5, 0.6) is 5.88 Å². The maximum Gasteiger partial charge on any atom is 0.239 e. The number of ether oxygens (including phenoxy) is 1. The van der Waals surface area contributed by atoms with E-state index < -0.39 is 0 Å². The molecule has 0 saturated heterocycles. The fourth-order valence-corrected chi connectivity index (χ4v) is 2.02. The number of benzene rings is 1. The molecule has 21 heavy (non-hydrogen) atoms. The van der Waals surface area contributed by atoms with Gasteiger partial charge in [0.25, 0.3) is 0 Å². The Morgan fingerprint density at radius 2 is 2.05 bits per heavy atom. The average Bonchev–Trinajstić information content (AvgIpc) is 2.42. The molecule has 0 aliphatic heterocycles. The molecule has 0 amide bonds. The molecule has 2 rings (SSSR count). The summed E-state index contributed by atoms with van der Waals surface area (Å²) in [5.41, 5.74) is 8.31. The summed E-state index contributed by atoms with van der Waals surface area (Å²) in [5, 5.41) is 3.83. The molecule has 5 heteroatoms. The van der Waals surface area contributed by atoms with E-state index in [1.807, 2.05) is 25.1 Å². The highest BCUT2D eigenvalue weighted by atomic mass is 35.5. The number of pyridine rings is 1. The fraction of sp³-hybridized carbons (Fsp3) is 0.312. The van der Waals surface area contributed by atoms with E-state index >= 15 is 0 Å². The van der Waals surface area contributed by atoms with Gasteiger partial charge in [0.15, 0.2) is 0 Å². The minimum Gasteiger partial charge on any atom is -0.476 e. The third-order valence-electron chi connectivity index (χ3n) is 2.83. The normalized spacial score (nSPS) is 10.7. The van der Waals surface area contributed by atoms with Gasteiger partial charge in [-0.15, -0.1) is 0 Å². The number of rotatable bonds is 5. The first-order chi connectivity index (χ1) is 9.95. The van der Waals surface area contributed by atoms with Gasteiger partial charge in [-0.05, 0) is 42.7 Å². The summed E-state index contributed by atoms with van der Waals surface area (Å²) in [7, 11) is 0. The number of aromatic nitrogens is 1. The number of hydrogen-bond donors (Lipinski definition) is 2. The van der Waals surface area contributed by atoms with Crippen molar-refractivity contribution in [2.24, 2.45) is 5.92 Å². The van der Waals surface area contributed by atoms with E-state index in [0.29, 0.717) is 34.9 Å². The summed E-state index contributed by atoms with van der Waals surface area (Å²) >= 11 is 6.21. The minimum atomic E-state index is 0.411. The third kappa shape index (κ3) is 4.26. The SMILES string of the molecule is Cc1ccc(Nc2ccc(N)c(OCC(C)C)n2)c(Cl)c1. The van der Waals surface area contributed by atoms with Crippen molar-refractivity contribution in [3.8, 4) is 5.88 Å². The number of anilines is 3. The number of nitrogens with zero attached hydrogens (tertiary/aromatic N) is 1. The Balaban J connectivity index is 2.18. The van der Waals surface area contributed by atoms with Crippen LogP contribution in [0.4, 0.5) is 17.2 Å². The van der Waals surface area contributed by atoms with E-state index in [1.54, 1.807) is 12.1 Å². The molecular formula is C16H20ClN3O. The highest BCUT2D eigenvalue weighted by Gasteiger charge is 2.07. The molecule has 1 aromatic heterocycles. The lowest BCUT2D eigenvalue weighted by Crippen LogP contribution is -2.08. The average molecular weight is 306 g/mol. The second-order valence-corrected chi connectivity index (χ2v) is 5.81. The number of nitrogen functional groups attached to an aromatic ring is 1. The van der Waals surface area contributed by atoms with E-state index in [9.17, 15) is 0 Å². The van der Waals surface area contributed by atoms with E-state index in [2.05, 4.69) is 24.1 Å². The summed E-state index contributed by atoms with van der Waals surface area (Å²) in [6.07, 6.45) is 0. The third-order valence-corrected chi connectivity index (χ3v) is 3.14. The molecule has 0 bridgehead atoms. The van der Waals surface area contributed by atoms with Crippen LogP contribution in [-0.2, 0) is 0 Å². The van der Waals surface area contributed by atoms with Crippen LogP contribution in [0.25, 0.3) is 0 Å². The van der Waals surface area contributed by atoms with E-state index in [-0.39, 0.29) is 0 Å². The van der Waals surface area contributed by atoms with Gasteiger partial charge in [0.05, 0.1) is 23.0 Å². The van der Waals surface area contributed by atoms with Crippen LogP contribution in [0.2, 0.25) is 5.02 Å². The van der Waals surface area contributed by atoms with Crippen molar-refractivity contribution in [3.63, 3.8) is 0 Å². The standard InChI is InChI=1S/C16H20ClN3O/c1-10(2)9-21-16-13(18)5-7-15(20-16)19-14-6-4-11(3)8-12(14)17/h4-8,10H,9,18H2,1-3H3,(H,19,20). The first-order valence-electron chi connectivity index (χ1n) is 6.88. The Morgan fingerprint density at radius 3 is 2.71 bits per heavy atom. The Morgan fingerprint density at radius 1 is 1.29 bits per heavy atom. The molecule has 0 spiro atoms. The predicted octanol–water partition coefficient (Wildman–Crippen LogP) is 4.40. The lowest BCUT2D eigenvalue weighted by atomic mass is 10.2. The van der Waals surface area contributed by atoms with Gasteiger partial charge in [-0.3, -0.25) is 0 Å². The molecule has 0 atom stereocenters. The van der Waals surface area contributed by atoms with Crippen molar-refractivity contribution in [3.05, 3.63) is 40.9 Å². The van der Waals surface area contributed by atoms with Crippen LogP contribution in [-0.4, -0.2) is 11.6 Å². The largest absolute Gasteiger partial charge is 0.476 e. The number of nitrogens with one attached hydrogen (secondary N) is 1. The number of aryl methyl sites for hydroxylation is 1. The fourth-order valence-electron chi connectivity index (χ4n) is 1.74. The molecule has 0 unspecified atom stereocenters. The molecule has 3 N–H and O–H groups in total. The zero-order chi connectivity index (χ0) is 15.4. The topological polar surface area (TPSA) is 60.2 Å². The lowest BCUT2D eigenvalue weighted by molar-refractivity contribution is 0.263. The van der Waals surface area contributed by atoms with Gasteiger partial charge >= 0.3 is 0 Å². The van der Waals surface area contributed by atoms with Crippen LogP contribution in [0, 0.1) is 12.8 Å². The van der Waals surface area contributed by atoms with E-state index in [1.165, 1.54) is 0 Å². The Kier molecular flexibility index (Phi) is 4.91. The maximum absolute atomic E-state index is 6.21. The number of nitrogens with two attached hydrogens (primary N) is 1. The van der Waals surface area contributed by atoms with Crippen molar-refractivity contribution in [1.82, 2.24) is 4.98 Å². The molecule has 0 fully saturated rings. The van der Waals surface area contributed by atoms with Crippen molar-refractivity contribution in [2.75, 3.05) is 17.7 Å². The molecule has 0 saturated carbocycles. The first kappa shape index (κ1) is 15.4. The molecule has 2 aromatic rings. The van der Waals surface area contributed by atoms with Gasteiger partial charge in [-0.2, -0.15) is 4.98 Å². The number of hydrogen-bond acceptors (Lipinski definition) is 4. The molecule has 0 radical (unpaired) electrons. The smallest absolute Gasteiger partial charge is 0.239 e. The summed E-state index contributed by atoms with van der Waals surface area (Å²) in [5.74, 6) is 1.50. The van der Waals surface area contributed by atoms with Crippen LogP contribution in [0.3, 0.4) is 0 Å². The Labute approximate surface area is 130 Å². The lowest BCUT2D eigenvalue weighted by Gasteiger charge is -2.13. The van der Waals surface area contributed by atoms with Gasteiger partial charge < -0.3 is 15.8 Å². The van der Waals surface area contributed by atoms with Crippen molar-refractivity contribution >= 4 is 28.8 Å². The molecule has 0 aliphatic rings. The van der Waals surface area contributed by atoms with E-state index in [0.717, 1.165) is 11.3 Å². The second-order valence-electron chi connectivity index (χ2n) is 5.40. The van der Waals surface area contributed by atoms with Gasteiger partial charge in [-0.25, -0.2) is 0 Å². The molecule has 1 aromatic carbocycles. The number of halogens is 1. The zero-order valence-electron chi connectivity index (χ0n) is 12.5. The Bertz CT molecular complexity index is 629. The van der Waals surface area contributed by atoms with Gasteiger partial charge in [0.2, 0.25) is 5.88 Å². The van der Waals surface area contributed by atoms with Crippen molar-refractivity contribution < 1.29 is 4.74 Å². The van der Waals surface area contributed by atoms with Crippen LogP contribution >= 0.6 is 11.6 Å². The highest BCUT2D eigenvalue weighted by Crippen LogP contribution is 2.28. The van der Waals surface area contributed by atoms with Crippen LogP contribution in [0.15, 0.2) is 30.3 Å². The monoisotopic (exact) mass is 305 g/mol. The van der Waals surface area contributed by atoms with Gasteiger partial charge in [0, 0.05) is 0 Å². The summed E-state index contributed by atoms with van der Waals surface area (Å²) in [6, 6.07) is 9.38. The first-order valence-corrected chi connectivity index (χ1v) is 7.26. The highest BCUT2D eigenvalue weighted by molar-refractivity contribution is 6.33. The summed E-state index contributed by atoms with van der Waals surface area (Å²) < 4.78 is 5.62. The molecule has 1 heterocycles. The summed E-state index contributed by atoms with van der Waals surface area (Å²) in [4.78, 5) is 4.39. The molecule has 0 aliphatic carbocycles. The van der Waals surface area contributed by atoms with Crippen molar-refractivity contribution in [2.45, 2.75) is 20.8 Å². The van der Waals surface area contributed by atoms with Crippen molar-refractivity contribution in [1.29, 1.82) is 0 Å². The second kappa shape index (κ2) is 6.68. The quantitative estimate of drug-likeness (QED) is 0.859.